The second-order valence-electron chi connectivity index (χ2n) is 4.54. The number of nitrogens with zero attached hydrogens (tertiary/aromatic N) is 1. The van der Waals surface area contributed by atoms with E-state index in [1.54, 1.807) is 20.2 Å². The van der Waals surface area contributed by atoms with Gasteiger partial charge in [0.05, 0.1) is 0 Å². The number of halogens is 1. The average molecular weight is 237 g/mol. The summed E-state index contributed by atoms with van der Waals surface area (Å²) in [6, 6.07) is 6.87. The van der Waals surface area contributed by atoms with Crippen LogP contribution in [0.4, 0.5) is 4.39 Å². The molecule has 0 atom stereocenters. The van der Waals surface area contributed by atoms with E-state index in [-0.39, 0.29) is 11.2 Å². The number of nitrogens with one attached hydrogen (secondary N) is 2. The number of benzene rings is 1. The summed E-state index contributed by atoms with van der Waals surface area (Å²) in [6.45, 7) is 4.62. The van der Waals surface area contributed by atoms with Crippen molar-refractivity contribution in [2.45, 2.75) is 19.3 Å². The molecule has 0 aliphatic rings. The Morgan fingerprint density at radius 2 is 2.00 bits per heavy atom. The molecule has 2 N–H and O–H groups in total. The summed E-state index contributed by atoms with van der Waals surface area (Å²) in [4.78, 5) is 4.03. The molecule has 94 valence electrons. The minimum absolute atomic E-state index is 0.168. The van der Waals surface area contributed by atoms with Crippen LogP contribution in [0.5, 0.6) is 0 Å². The molecule has 1 rings (SSSR count). The maximum atomic E-state index is 13.7. The molecule has 0 aromatic heterocycles. The van der Waals surface area contributed by atoms with E-state index in [9.17, 15) is 4.39 Å². The molecule has 0 bridgehead atoms. The van der Waals surface area contributed by atoms with Crippen LogP contribution in [0.2, 0.25) is 0 Å². The largest absolute Gasteiger partial charge is 0.359 e. The van der Waals surface area contributed by atoms with Gasteiger partial charge in [-0.2, -0.15) is 0 Å². The van der Waals surface area contributed by atoms with Gasteiger partial charge < -0.3 is 10.6 Å². The van der Waals surface area contributed by atoms with E-state index in [1.165, 1.54) is 6.07 Å². The van der Waals surface area contributed by atoms with Crippen molar-refractivity contribution >= 4 is 5.96 Å². The van der Waals surface area contributed by atoms with Crippen LogP contribution in [0.25, 0.3) is 0 Å². The fourth-order valence-corrected chi connectivity index (χ4v) is 1.69. The molecule has 0 heterocycles. The molecule has 17 heavy (non-hydrogen) atoms. The van der Waals surface area contributed by atoms with Gasteiger partial charge in [0.25, 0.3) is 0 Å². The normalized spacial score (nSPS) is 12.4. The van der Waals surface area contributed by atoms with Crippen molar-refractivity contribution in [2.75, 3.05) is 20.6 Å². The van der Waals surface area contributed by atoms with Crippen LogP contribution in [0.1, 0.15) is 19.4 Å². The zero-order chi connectivity index (χ0) is 12.9. The molecule has 0 spiro atoms. The number of rotatable bonds is 3. The maximum Gasteiger partial charge on any atom is 0.190 e. The first-order chi connectivity index (χ1) is 8.01. The van der Waals surface area contributed by atoms with E-state index < -0.39 is 0 Å². The first-order valence-electron chi connectivity index (χ1n) is 5.64. The minimum atomic E-state index is -0.294. The predicted molar refractivity (Wildman–Crippen MR) is 69.8 cm³/mol. The highest BCUT2D eigenvalue weighted by Crippen LogP contribution is 2.24. The van der Waals surface area contributed by atoms with Gasteiger partial charge in [0.15, 0.2) is 5.96 Å². The molecule has 0 amide bonds. The summed E-state index contributed by atoms with van der Waals surface area (Å²) in [5.74, 6) is 0.535. The topological polar surface area (TPSA) is 36.4 Å². The van der Waals surface area contributed by atoms with Crippen LogP contribution >= 0.6 is 0 Å². The molecular weight excluding hydrogens is 217 g/mol. The van der Waals surface area contributed by atoms with Crippen LogP contribution in [-0.2, 0) is 5.41 Å². The van der Waals surface area contributed by atoms with E-state index in [1.807, 2.05) is 26.0 Å². The summed E-state index contributed by atoms with van der Waals surface area (Å²) in [6.07, 6.45) is 0. The molecular formula is C13H20FN3. The highest BCUT2D eigenvalue weighted by molar-refractivity contribution is 5.79. The quantitative estimate of drug-likeness (QED) is 0.622. The van der Waals surface area contributed by atoms with Crippen LogP contribution in [0.3, 0.4) is 0 Å². The highest BCUT2D eigenvalue weighted by Gasteiger charge is 2.23. The number of guanidine groups is 1. The number of aliphatic imine (C=N–C) groups is 1. The van der Waals surface area contributed by atoms with Gasteiger partial charge in [-0.25, -0.2) is 4.39 Å². The van der Waals surface area contributed by atoms with Gasteiger partial charge in [0.2, 0.25) is 0 Å². The van der Waals surface area contributed by atoms with Gasteiger partial charge in [-0.15, -0.1) is 0 Å². The molecule has 1 aromatic rings. The predicted octanol–water partition coefficient (Wildman–Crippen LogP) is 1.90. The molecule has 0 radical (unpaired) electrons. The molecule has 0 saturated carbocycles. The van der Waals surface area contributed by atoms with Gasteiger partial charge in [-0.1, -0.05) is 32.0 Å². The minimum Gasteiger partial charge on any atom is -0.359 e. The summed E-state index contributed by atoms with van der Waals surface area (Å²) in [5, 5.41) is 6.09. The van der Waals surface area contributed by atoms with Gasteiger partial charge in [-0.3, -0.25) is 4.99 Å². The molecule has 0 unspecified atom stereocenters. The summed E-state index contributed by atoms with van der Waals surface area (Å²) < 4.78 is 13.7. The van der Waals surface area contributed by atoms with Crippen molar-refractivity contribution < 1.29 is 4.39 Å². The average Bonchev–Trinajstić information content (AvgIpc) is 2.30. The van der Waals surface area contributed by atoms with E-state index >= 15 is 0 Å². The summed E-state index contributed by atoms with van der Waals surface area (Å²) in [5.41, 5.74) is 0.414. The first-order valence-corrected chi connectivity index (χ1v) is 5.64. The Balaban J connectivity index is 2.79. The van der Waals surface area contributed by atoms with Crippen molar-refractivity contribution in [2.24, 2.45) is 4.99 Å². The van der Waals surface area contributed by atoms with Crippen molar-refractivity contribution in [1.82, 2.24) is 10.6 Å². The smallest absolute Gasteiger partial charge is 0.190 e. The van der Waals surface area contributed by atoms with Crippen LogP contribution in [0.15, 0.2) is 29.3 Å². The third-order valence-electron chi connectivity index (χ3n) is 2.76. The highest BCUT2D eigenvalue weighted by atomic mass is 19.1. The van der Waals surface area contributed by atoms with Gasteiger partial charge in [0.1, 0.15) is 5.82 Å². The SMILES string of the molecule is CN=C(NC)NCC(C)(C)c1ccccc1F. The van der Waals surface area contributed by atoms with Crippen molar-refractivity contribution in [3.05, 3.63) is 35.6 Å². The van der Waals surface area contributed by atoms with E-state index in [0.717, 1.165) is 0 Å². The Bertz CT molecular complexity index is 399. The molecule has 0 saturated heterocycles. The van der Waals surface area contributed by atoms with Gasteiger partial charge >= 0.3 is 0 Å². The molecule has 1 aromatic carbocycles. The lowest BCUT2D eigenvalue weighted by molar-refractivity contribution is 0.474. The van der Waals surface area contributed by atoms with Crippen molar-refractivity contribution in [3.63, 3.8) is 0 Å². The maximum absolute atomic E-state index is 13.7. The molecule has 3 nitrogen and oxygen atoms in total. The number of hydrogen-bond donors (Lipinski definition) is 2. The summed E-state index contributed by atoms with van der Waals surface area (Å²) in [7, 11) is 3.50. The monoisotopic (exact) mass is 237 g/mol. The molecule has 0 aliphatic heterocycles. The molecule has 4 heteroatoms. The van der Waals surface area contributed by atoms with Crippen LogP contribution in [-0.4, -0.2) is 26.6 Å². The Hall–Kier alpha value is -1.58. The lowest BCUT2D eigenvalue weighted by atomic mass is 9.84. The molecule has 0 aliphatic carbocycles. The third-order valence-corrected chi connectivity index (χ3v) is 2.76. The Labute approximate surface area is 102 Å². The number of hydrogen-bond acceptors (Lipinski definition) is 1. The van der Waals surface area contributed by atoms with E-state index in [0.29, 0.717) is 18.1 Å². The van der Waals surface area contributed by atoms with Crippen molar-refractivity contribution in [1.29, 1.82) is 0 Å². The van der Waals surface area contributed by atoms with Crippen LogP contribution < -0.4 is 10.6 Å². The second kappa shape index (κ2) is 5.66. The zero-order valence-corrected chi connectivity index (χ0v) is 10.8. The Morgan fingerprint density at radius 1 is 1.35 bits per heavy atom. The van der Waals surface area contributed by atoms with E-state index in [4.69, 9.17) is 0 Å². The standard InChI is InChI=1S/C13H20FN3/c1-13(2,9-17-12(15-3)16-4)10-7-5-6-8-11(10)14/h5-8H,9H2,1-4H3,(H2,15,16,17). The Kier molecular flexibility index (Phi) is 4.49. The zero-order valence-electron chi connectivity index (χ0n) is 10.8. The lowest BCUT2D eigenvalue weighted by Gasteiger charge is -2.26. The van der Waals surface area contributed by atoms with Crippen LogP contribution in [0, 0.1) is 5.82 Å². The summed E-state index contributed by atoms with van der Waals surface area (Å²) >= 11 is 0. The van der Waals surface area contributed by atoms with Crippen molar-refractivity contribution in [3.8, 4) is 0 Å². The Morgan fingerprint density at radius 3 is 2.53 bits per heavy atom. The first kappa shape index (κ1) is 13.5. The fraction of sp³-hybridized carbons (Fsp3) is 0.462. The van der Waals surface area contributed by atoms with E-state index in [2.05, 4.69) is 15.6 Å². The van der Waals surface area contributed by atoms with Gasteiger partial charge in [-0.05, 0) is 11.6 Å². The fourth-order valence-electron chi connectivity index (χ4n) is 1.69. The lowest BCUT2D eigenvalue weighted by Crippen LogP contribution is -2.42. The van der Waals surface area contributed by atoms with Gasteiger partial charge in [0, 0.05) is 26.1 Å². The third kappa shape index (κ3) is 3.44. The molecule has 0 fully saturated rings. The second-order valence-corrected chi connectivity index (χ2v) is 4.54.